The number of phenolic OH excluding ortho intramolecular Hbond substituents is 1. The molecule has 12 heteroatoms. The van der Waals surface area contributed by atoms with Gasteiger partial charge in [0.1, 0.15) is 31.0 Å². The minimum absolute atomic E-state index is 0.0631. The molecule has 2 heterocycles. The van der Waals surface area contributed by atoms with Crippen LogP contribution in [0.3, 0.4) is 0 Å². The molecule has 0 spiro atoms. The highest BCUT2D eigenvalue weighted by Gasteiger charge is 2.56. The van der Waals surface area contributed by atoms with Crippen molar-refractivity contribution in [3.63, 3.8) is 0 Å². The maximum Gasteiger partial charge on any atom is 0.338 e. The second-order valence-corrected chi connectivity index (χ2v) is 9.20. The molecule has 0 radical (unpaired) electrons. The number of ether oxygens (including phenoxy) is 5. The number of aliphatic hydroxyl groups is 5. The van der Waals surface area contributed by atoms with Gasteiger partial charge >= 0.3 is 5.97 Å². The van der Waals surface area contributed by atoms with Crippen molar-refractivity contribution in [1.82, 2.24) is 0 Å². The van der Waals surface area contributed by atoms with Gasteiger partial charge in [-0.25, -0.2) is 4.79 Å². The Morgan fingerprint density at radius 3 is 2.60 bits per heavy atom. The second kappa shape index (κ2) is 9.90. The number of aromatic hydroxyl groups is 1. The number of aliphatic hydroxyl groups excluding tert-OH is 4. The highest BCUT2D eigenvalue weighted by molar-refractivity contribution is 5.90. The Hall–Kier alpha value is -2.45. The molecule has 10 atom stereocenters. The molecule has 1 aromatic carbocycles. The molecule has 1 aromatic rings. The fourth-order valence-electron chi connectivity index (χ4n) is 4.83. The molecule has 1 saturated carbocycles. The van der Waals surface area contributed by atoms with Crippen molar-refractivity contribution in [3.8, 4) is 11.5 Å². The second-order valence-electron chi connectivity index (χ2n) is 9.20. The predicted molar refractivity (Wildman–Crippen MR) is 115 cm³/mol. The maximum absolute atomic E-state index is 12.4. The van der Waals surface area contributed by atoms with Crippen LogP contribution in [0.15, 0.2) is 30.5 Å². The molecule has 1 aliphatic carbocycles. The molecular weight excluding hydrogens is 468 g/mol. The Morgan fingerprint density at radius 2 is 1.89 bits per heavy atom. The predicted octanol–water partition coefficient (Wildman–Crippen LogP) is -1.00. The first-order valence-electron chi connectivity index (χ1n) is 11.2. The van der Waals surface area contributed by atoms with Crippen LogP contribution in [0.5, 0.6) is 11.5 Å². The van der Waals surface area contributed by atoms with Crippen molar-refractivity contribution in [3.05, 3.63) is 36.1 Å². The van der Waals surface area contributed by atoms with Gasteiger partial charge in [0.15, 0.2) is 17.8 Å². The summed E-state index contributed by atoms with van der Waals surface area (Å²) in [5.74, 6) is -2.06. The minimum Gasteiger partial charge on any atom is -0.504 e. The lowest BCUT2D eigenvalue weighted by atomic mass is 9.85. The number of esters is 1. The SMILES string of the molecule is COc1cc(C(=O)OC[C@H]2O[C@@H](O[C@@H]3OC=C[C@@H]4[C@H]3[C@@](C)(O)C[C@H]4O)[C@H](O)[C@@H](O)[C@@H]2O)ccc1O. The molecule has 0 amide bonds. The summed E-state index contributed by atoms with van der Waals surface area (Å²) < 4.78 is 27.0. The van der Waals surface area contributed by atoms with E-state index in [4.69, 9.17) is 23.7 Å². The number of benzene rings is 1. The monoisotopic (exact) mass is 498 g/mol. The van der Waals surface area contributed by atoms with Crippen LogP contribution >= 0.6 is 0 Å². The van der Waals surface area contributed by atoms with E-state index >= 15 is 0 Å². The summed E-state index contributed by atoms with van der Waals surface area (Å²) in [7, 11) is 1.32. The van der Waals surface area contributed by atoms with Gasteiger partial charge in [-0.2, -0.15) is 0 Å². The van der Waals surface area contributed by atoms with E-state index < -0.39 is 73.1 Å². The van der Waals surface area contributed by atoms with Crippen LogP contribution in [0.2, 0.25) is 0 Å². The largest absolute Gasteiger partial charge is 0.504 e. The Bertz CT molecular complexity index is 948. The van der Waals surface area contributed by atoms with Crippen LogP contribution in [0.25, 0.3) is 0 Å². The van der Waals surface area contributed by atoms with Gasteiger partial charge in [-0.3, -0.25) is 0 Å². The molecule has 4 rings (SSSR count). The van der Waals surface area contributed by atoms with Crippen molar-refractivity contribution in [2.45, 2.75) is 62.0 Å². The Labute approximate surface area is 200 Å². The Kier molecular flexibility index (Phi) is 7.25. The normalized spacial score (nSPS) is 40.6. The van der Waals surface area contributed by atoms with E-state index in [1.54, 1.807) is 6.08 Å². The van der Waals surface area contributed by atoms with Gasteiger partial charge in [-0.05, 0) is 31.2 Å². The van der Waals surface area contributed by atoms with E-state index in [1.807, 2.05) is 0 Å². The fraction of sp³-hybridized carbons (Fsp3) is 0.609. The number of carbonyl (C=O) groups excluding carboxylic acids is 1. The number of carbonyl (C=O) groups is 1. The van der Waals surface area contributed by atoms with Gasteiger partial charge in [-0.15, -0.1) is 0 Å². The zero-order valence-electron chi connectivity index (χ0n) is 19.1. The molecule has 2 aliphatic heterocycles. The van der Waals surface area contributed by atoms with E-state index in [1.165, 1.54) is 38.5 Å². The number of hydrogen-bond acceptors (Lipinski definition) is 12. The van der Waals surface area contributed by atoms with Gasteiger partial charge in [0.2, 0.25) is 6.29 Å². The average Bonchev–Trinajstić information content (AvgIpc) is 3.07. The van der Waals surface area contributed by atoms with E-state index in [0.29, 0.717) is 0 Å². The summed E-state index contributed by atoms with van der Waals surface area (Å²) in [5, 5.41) is 61.8. The lowest BCUT2D eigenvalue weighted by Crippen LogP contribution is -2.61. The third-order valence-electron chi connectivity index (χ3n) is 6.74. The third-order valence-corrected chi connectivity index (χ3v) is 6.74. The summed E-state index contributed by atoms with van der Waals surface area (Å²) in [6.45, 7) is 1.04. The zero-order chi connectivity index (χ0) is 25.5. The molecule has 0 unspecified atom stereocenters. The highest BCUT2D eigenvalue weighted by atomic mass is 16.8. The molecule has 194 valence electrons. The molecule has 1 saturated heterocycles. The van der Waals surface area contributed by atoms with Crippen LogP contribution in [0.1, 0.15) is 23.7 Å². The third kappa shape index (κ3) is 4.96. The van der Waals surface area contributed by atoms with Crippen molar-refractivity contribution in [2.24, 2.45) is 11.8 Å². The lowest BCUT2D eigenvalue weighted by Gasteiger charge is -2.43. The van der Waals surface area contributed by atoms with Crippen LogP contribution < -0.4 is 4.74 Å². The molecule has 2 fully saturated rings. The molecule has 35 heavy (non-hydrogen) atoms. The van der Waals surface area contributed by atoms with Crippen molar-refractivity contribution < 1.29 is 59.1 Å². The molecule has 0 aromatic heterocycles. The number of hydrogen-bond donors (Lipinski definition) is 6. The van der Waals surface area contributed by atoms with E-state index in [2.05, 4.69) is 0 Å². The Balaban J connectivity index is 1.43. The summed E-state index contributed by atoms with van der Waals surface area (Å²) in [6.07, 6.45) is -6.69. The van der Waals surface area contributed by atoms with Crippen molar-refractivity contribution >= 4 is 5.97 Å². The summed E-state index contributed by atoms with van der Waals surface area (Å²) >= 11 is 0. The van der Waals surface area contributed by atoms with Crippen LogP contribution in [-0.2, 0) is 18.9 Å². The van der Waals surface area contributed by atoms with Gasteiger partial charge in [0.25, 0.3) is 0 Å². The van der Waals surface area contributed by atoms with Crippen molar-refractivity contribution in [1.29, 1.82) is 0 Å². The van der Waals surface area contributed by atoms with Gasteiger partial charge < -0.3 is 54.3 Å². The minimum atomic E-state index is -1.70. The topological polar surface area (TPSA) is 185 Å². The molecule has 12 nitrogen and oxygen atoms in total. The maximum atomic E-state index is 12.4. The Morgan fingerprint density at radius 1 is 1.14 bits per heavy atom. The summed E-state index contributed by atoms with van der Waals surface area (Å²) in [4.78, 5) is 12.4. The van der Waals surface area contributed by atoms with E-state index in [9.17, 15) is 35.4 Å². The van der Waals surface area contributed by atoms with E-state index in [-0.39, 0.29) is 23.5 Å². The van der Waals surface area contributed by atoms with Gasteiger partial charge in [-0.1, -0.05) is 0 Å². The van der Waals surface area contributed by atoms with Crippen LogP contribution in [0, 0.1) is 11.8 Å². The first kappa shape index (κ1) is 25.6. The number of fused-ring (bicyclic) bond motifs is 1. The number of phenols is 1. The summed E-state index contributed by atoms with van der Waals surface area (Å²) in [5.41, 5.74) is -1.27. The van der Waals surface area contributed by atoms with Crippen LogP contribution in [-0.4, -0.2) is 99.0 Å². The first-order chi connectivity index (χ1) is 16.5. The molecular formula is C23H30O12. The quantitative estimate of drug-likeness (QED) is 0.263. The zero-order valence-corrected chi connectivity index (χ0v) is 19.1. The highest BCUT2D eigenvalue weighted by Crippen LogP contribution is 2.46. The average molecular weight is 498 g/mol. The first-order valence-corrected chi connectivity index (χ1v) is 11.2. The number of methoxy groups -OCH3 is 1. The lowest BCUT2D eigenvalue weighted by molar-refractivity contribution is -0.346. The van der Waals surface area contributed by atoms with Gasteiger partial charge in [0, 0.05) is 12.3 Å². The number of rotatable bonds is 6. The van der Waals surface area contributed by atoms with Crippen LogP contribution in [0.4, 0.5) is 0 Å². The van der Waals surface area contributed by atoms with Gasteiger partial charge in [0.05, 0.1) is 36.6 Å². The molecule has 6 N–H and O–H groups in total. The standard InChI is InChI=1S/C23H30O12/c1-23(30)8-13(25)11-5-6-32-21(16(11)23)35-22-19(28)18(27)17(26)15(34-22)9-33-20(29)10-3-4-12(24)14(7-10)31-2/h3-7,11,13,15-19,21-22,24-28,30H,8-9H2,1-2H3/t11-,13+,15+,16+,17+,18-,19+,21-,22-,23-/m0/s1. The molecule has 0 bridgehead atoms. The summed E-state index contributed by atoms with van der Waals surface area (Å²) in [6, 6.07) is 3.84. The van der Waals surface area contributed by atoms with E-state index in [0.717, 1.165) is 0 Å². The van der Waals surface area contributed by atoms with Crippen molar-refractivity contribution in [2.75, 3.05) is 13.7 Å². The fourth-order valence-corrected chi connectivity index (χ4v) is 4.83. The molecule has 3 aliphatic rings. The smallest absolute Gasteiger partial charge is 0.338 e.